The van der Waals surface area contributed by atoms with Crippen LogP contribution < -0.4 is 10.1 Å². The molecule has 0 saturated heterocycles. The first kappa shape index (κ1) is 23.3. The third-order valence-corrected chi connectivity index (χ3v) is 6.24. The number of anilines is 1. The van der Waals surface area contributed by atoms with E-state index in [4.69, 9.17) is 4.74 Å². The average Bonchev–Trinajstić information content (AvgIpc) is 3.03. The van der Waals surface area contributed by atoms with Gasteiger partial charge in [-0.1, -0.05) is 53.6 Å². The van der Waals surface area contributed by atoms with Crippen molar-refractivity contribution in [1.29, 1.82) is 0 Å². The lowest BCUT2D eigenvalue weighted by molar-refractivity contribution is -0.136. The van der Waals surface area contributed by atoms with Gasteiger partial charge in [-0.2, -0.15) is 0 Å². The number of ether oxygens (including phenoxy) is 1. The normalized spacial score (nSPS) is 13.6. The van der Waals surface area contributed by atoms with Crippen LogP contribution in [0.25, 0.3) is 5.57 Å². The van der Waals surface area contributed by atoms with Gasteiger partial charge in [0.1, 0.15) is 11.4 Å². The summed E-state index contributed by atoms with van der Waals surface area (Å²) < 4.78 is 5.22. The summed E-state index contributed by atoms with van der Waals surface area (Å²) in [5.41, 5.74) is 7.63. The largest absolute Gasteiger partial charge is 0.497 e. The van der Waals surface area contributed by atoms with Gasteiger partial charge in [0.25, 0.3) is 11.8 Å². The Hall–Kier alpha value is -3.86. The Labute approximate surface area is 201 Å². The predicted molar refractivity (Wildman–Crippen MR) is 136 cm³/mol. The van der Waals surface area contributed by atoms with Gasteiger partial charge in [-0.05, 0) is 74.6 Å². The molecule has 2 amide bonds. The van der Waals surface area contributed by atoms with Crippen LogP contribution >= 0.6 is 0 Å². The molecule has 1 N–H and O–H groups in total. The molecule has 5 heteroatoms. The highest BCUT2D eigenvalue weighted by Gasteiger charge is 2.39. The molecule has 0 spiro atoms. The van der Waals surface area contributed by atoms with E-state index in [1.54, 1.807) is 7.11 Å². The van der Waals surface area contributed by atoms with Crippen molar-refractivity contribution in [1.82, 2.24) is 4.90 Å². The van der Waals surface area contributed by atoms with Gasteiger partial charge in [-0.15, -0.1) is 0 Å². The van der Waals surface area contributed by atoms with Crippen molar-refractivity contribution in [2.75, 3.05) is 19.0 Å². The number of carbonyl (C=O) groups is 2. The van der Waals surface area contributed by atoms with Crippen molar-refractivity contribution < 1.29 is 14.3 Å². The van der Waals surface area contributed by atoms with Crippen molar-refractivity contribution in [2.45, 2.75) is 34.1 Å². The van der Waals surface area contributed by atoms with Crippen molar-refractivity contribution in [2.24, 2.45) is 0 Å². The second kappa shape index (κ2) is 9.56. The first-order valence-corrected chi connectivity index (χ1v) is 11.4. The van der Waals surface area contributed by atoms with E-state index in [0.717, 1.165) is 44.8 Å². The van der Waals surface area contributed by atoms with Crippen molar-refractivity contribution in [3.63, 3.8) is 0 Å². The minimum absolute atomic E-state index is 0.266. The molecule has 0 unspecified atom stereocenters. The molecule has 3 aromatic rings. The van der Waals surface area contributed by atoms with Crippen molar-refractivity contribution in [3.05, 3.63) is 99.7 Å². The van der Waals surface area contributed by atoms with Gasteiger partial charge in [0.15, 0.2) is 0 Å². The zero-order valence-electron chi connectivity index (χ0n) is 20.4. The Morgan fingerprint density at radius 3 is 2.06 bits per heavy atom. The highest BCUT2D eigenvalue weighted by molar-refractivity contribution is 6.36. The first-order valence-electron chi connectivity index (χ1n) is 11.4. The Morgan fingerprint density at radius 2 is 1.44 bits per heavy atom. The van der Waals surface area contributed by atoms with Crippen LogP contribution in [0.4, 0.5) is 5.69 Å². The number of amides is 2. The van der Waals surface area contributed by atoms with E-state index in [-0.39, 0.29) is 11.8 Å². The van der Waals surface area contributed by atoms with E-state index < -0.39 is 0 Å². The fourth-order valence-corrected chi connectivity index (χ4v) is 4.36. The maximum absolute atomic E-state index is 13.6. The molecule has 0 radical (unpaired) electrons. The minimum Gasteiger partial charge on any atom is -0.497 e. The van der Waals surface area contributed by atoms with Crippen LogP contribution in [0, 0.1) is 27.7 Å². The van der Waals surface area contributed by atoms with Crippen LogP contribution in [-0.4, -0.2) is 30.4 Å². The monoisotopic (exact) mass is 454 g/mol. The smallest absolute Gasteiger partial charge is 0.278 e. The van der Waals surface area contributed by atoms with E-state index in [9.17, 15) is 9.59 Å². The molecule has 3 aromatic carbocycles. The molecule has 1 aliphatic heterocycles. The summed E-state index contributed by atoms with van der Waals surface area (Å²) in [6.45, 7) is 8.32. The predicted octanol–water partition coefficient (Wildman–Crippen LogP) is 5.36. The molecule has 0 atom stereocenters. The van der Waals surface area contributed by atoms with E-state index in [0.29, 0.717) is 24.2 Å². The topological polar surface area (TPSA) is 58.6 Å². The molecule has 174 valence electrons. The molecule has 1 aliphatic rings. The number of methoxy groups -OCH3 is 1. The summed E-state index contributed by atoms with van der Waals surface area (Å²) in [5.74, 6) is 0.210. The summed E-state index contributed by atoms with van der Waals surface area (Å²) in [6, 6.07) is 19.6. The second-order valence-electron chi connectivity index (χ2n) is 8.87. The van der Waals surface area contributed by atoms with Crippen LogP contribution in [-0.2, 0) is 16.0 Å². The fourth-order valence-electron chi connectivity index (χ4n) is 4.36. The molecule has 5 nitrogen and oxygen atoms in total. The van der Waals surface area contributed by atoms with Crippen molar-refractivity contribution in [3.8, 4) is 5.75 Å². The number of nitrogens with one attached hydrogen (secondary N) is 1. The summed E-state index contributed by atoms with van der Waals surface area (Å²) in [6.07, 6.45) is 0.568. The average molecular weight is 455 g/mol. The van der Waals surface area contributed by atoms with Gasteiger partial charge in [-0.25, -0.2) is 0 Å². The summed E-state index contributed by atoms with van der Waals surface area (Å²) in [5, 5.41) is 3.30. The molecule has 4 rings (SSSR count). The lowest BCUT2D eigenvalue weighted by Gasteiger charge is -2.16. The molecular formula is C29H30N2O3. The highest BCUT2D eigenvalue weighted by Crippen LogP contribution is 2.33. The lowest BCUT2D eigenvalue weighted by Crippen LogP contribution is -2.34. The van der Waals surface area contributed by atoms with Crippen LogP contribution in [0.1, 0.15) is 33.4 Å². The molecule has 0 fully saturated rings. The standard InChI is InChI=1S/C29H30N2O3/c1-18-6-12-24(20(3)16-18)26-27(30-25-13-7-19(2)17-21(25)4)29(33)31(28(26)32)15-14-22-8-10-23(34-5)11-9-22/h6-13,16-17,30H,14-15H2,1-5H3. The number of rotatable bonds is 7. The third-order valence-electron chi connectivity index (χ3n) is 6.24. The number of imide groups is 1. The first-order chi connectivity index (χ1) is 16.3. The van der Waals surface area contributed by atoms with Gasteiger partial charge in [0.2, 0.25) is 0 Å². The Morgan fingerprint density at radius 1 is 0.794 bits per heavy atom. The van der Waals surface area contributed by atoms with Crippen LogP contribution in [0.2, 0.25) is 0 Å². The minimum atomic E-state index is -0.298. The Balaban J connectivity index is 1.69. The quantitative estimate of drug-likeness (QED) is 0.488. The SMILES string of the molecule is COc1ccc(CCN2C(=O)C(Nc3ccc(C)cc3C)=C(c3ccc(C)cc3C)C2=O)cc1. The third kappa shape index (κ3) is 4.60. The number of benzene rings is 3. The van der Waals surface area contributed by atoms with Gasteiger partial charge in [0, 0.05) is 12.2 Å². The molecule has 0 aliphatic carbocycles. The maximum Gasteiger partial charge on any atom is 0.278 e. The number of carbonyl (C=O) groups excluding carboxylic acids is 2. The molecule has 34 heavy (non-hydrogen) atoms. The zero-order valence-corrected chi connectivity index (χ0v) is 20.4. The number of hydrogen-bond acceptors (Lipinski definition) is 4. The summed E-state index contributed by atoms with van der Waals surface area (Å²) in [4.78, 5) is 28.5. The van der Waals surface area contributed by atoms with E-state index in [2.05, 4.69) is 11.4 Å². The van der Waals surface area contributed by atoms with E-state index in [1.807, 2.05) is 82.3 Å². The van der Waals surface area contributed by atoms with Gasteiger partial charge in [0.05, 0.1) is 12.7 Å². The van der Waals surface area contributed by atoms with Crippen LogP contribution in [0.5, 0.6) is 5.75 Å². The second-order valence-corrected chi connectivity index (χ2v) is 8.87. The summed E-state index contributed by atoms with van der Waals surface area (Å²) >= 11 is 0. The number of nitrogens with zero attached hydrogens (tertiary/aromatic N) is 1. The number of aryl methyl sites for hydroxylation is 4. The molecular weight excluding hydrogens is 424 g/mol. The highest BCUT2D eigenvalue weighted by atomic mass is 16.5. The zero-order chi connectivity index (χ0) is 24.4. The molecule has 1 heterocycles. The molecule has 0 aromatic heterocycles. The van der Waals surface area contributed by atoms with Gasteiger partial charge >= 0.3 is 0 Å². The molecule has 0 bridgehead atoms. The van der Waals surface area contributed by atoms with E-state index >= 15 is 0 Å². The van der Waals surface area contributed by atoms with Gasteiger partial charge < -0.3 is 10.1 Å². The maximum atomic E-state index is 13.6. The van der Waals surface area contributed by atoms with Crippen LogP contribution in [0.3, 0.4) is 0 Å². The fraction of sp³-hybridized carbons (Fsp3) is 0.241. The van der Waals surface area contributed by atoms with Crippen LogP contribution in [0.15, 0.2) is 66.4 Å². The van der Waals surface area contributed by atoms with Gasteiger partial charge in [-0.3, -0.25) is 14.5 Å². The number of hydrogen-bond donors (Lipinski definition) is 1. The summed E-state index contributed by atoms with van der Waals surface area (Å²) in [7, 11) is 1.63. The molecule has 0 saturated carbocycles. The lowest BCUT2D eigenvalue weighted by atomic mass is 9.97. The Bertz CT molecular complexity index is 1290. The Kier molecular flexibility index (Phi) is 6.55. The van der Waals surface area contributed by atoms with E-state index in [1.165, 1.54) is 4.90 Å². The van der Waals surface area contributed by atoms with Crippen molar-refractivity contribution >= 4 is 23.1 Å².